The Kier molecular flexibility index (Phi) is 6.16. The second-order valence-corrected chi connectivity index (χ2v) is 6.73. The average molecular weight is 317 g/mol. The third kappa shape index (κ3) is 5.36. The first-order chi connectivity index (χ1) is 11.0. The number of hydrogen-bond acceptors (Lipinski definition) is 5. The van der Waals surface area contributed by atoms with Crippen LogP contribution in [0.4, 0.5) is 0 Å². The van der Waals surface area contributed by atoms with Crippen molar-refractivity contribution >= 4 is 0 Å². The van der Waals surface area contributed by atoms with Gasteiger partial charge >= 0.3 is 0 Å². The van der Waals surface area contributed by atoms with Gasteiger partial charge in [0.15, 0.2) is 0 Å². The highest BCUT2D eigenvalue weighted by molar-refractivity contribution is 5.56. The zero-order valence-electron chi connectivity index (χ0n) is 14.7. The van der Waals surface area contributed by atoms with Crippen molar-refractivity contribution in [1.82, 2.24) is 15.0 Å². The van der Waals surface area contributed by atoms with E-state index in [9.17, 15) is 0 Å². The highest BCUT2D eigenvalue weighted by Gasteiger charge is 2.15. The molecule has 2 aromatic rings. The maximum Gasteiger partial charge on any atom is 0.241 e. The fraction of sp³-hybridized carbons (Fsp3) is 0.556. The molecule has 126 valence electrons. The number of nitrogens with zero attached hydrogens (tertiary/aromatic N) is 3. The predicted molar refractivity (Wildman–Crippen MR) is 91.2 cm³/mol. The molecule has 0 aliphatic carbocycles. The summed E-state index contributed by atoms with van der Waals surface area (Å²) in [4.78, 5) is 6.91. The van der Waals surface area contributed by atoms with Gasteiger partial charge in [0.25, 0.3) is 0 Å². The zero-order valence-corrected chi connectivity index (χ0v) is 14.7. The quantitative estimate of drug-likeness (QED) is 0.740. The fourth-order valence-electron chi connectivity index (χ4n) is 2.63. The summed E-state index contributed by atoms with van der Waals surface area (Å²) in [6, 6.07) is 7.69. The summed E-state index contributed by atoms with van der Waals surface area (Å²) in [6.07, 6.45) is 0. The second kappa shape index (κ2) is 8.11. The van der Waals surface area contributed by atoms with E-state index in [0.717, 1.165) is 24.4 Å². The van der Waals surface area contributed by atoms with Crippen molar-refractivity contribution in [3.05, 3.63) is 30.2 Å². The summed E-state index contributed by atoms with van der Waals surface area (Å²) >= 11 is 0. The number of hydrogen-bond donors (Lipinski definition) is 0. The topological polar surface area (TPSA) is 51.4 Å². The molecule has 0 atom stereocenters. The molecule has 5 nitrogen and oxygen atoms in total. The molecule has 2 rings (SSSR count). The van der Waals surface area contributed by atoms with E-state index < -0.39 is 0 Å². The minimum atomic E-state index is 0.605. The molecule has 1 heterocycles. The molecule has 5 heteroatoms. The Hall–Kier alpha value is -1.88. The molecule has 0 spiro atoms. The molecule has 0 unspecified atom stereocenters. The number of benzene rings is 1. The number of methoxy groups -OCH3 is 1. The summed E-state index contributed by atoms with van der Waals surface area (Å²) < 4.78 is 10.7. The van der Waals surface area contributed by atoms with Crippen LogP contribution in [-0.4, -0.2) is 35.2 Å². The SMILES string of the molecule is COc1cccc(-c2noc(CN(CC(C)C)CC(C)C)n2)c1. The lowest BCUT2D eigenvalue weighted by Crippen LogP contribution is -2.31. The standard InChI is InChI=1S/C18H27N3O2/c1-13(2)10-21(11-14(3)4)12-17-19-18(20-23-17)15-7-6-8-16(9-15)22-5/h6-9,13-14H,10-12H2,1-5H3. The molecule has 0 aliphatic rings. The van der Waals surface area contributed by atoms with Crippen LogP contribution in [0.3, 0.4) is 0 Å². The van der Waals surface area contributed by atoms with Crippen LogP contribution in [0.2, 0.25) is 0 Å². The van der Waals surface area contributed by atoms with Gasteiger partial charge in [0, 0.05) is 18.7 Å². The Balaban J connectivity index is 2.10. The van der Waals surface area contributed by atoms with Gasteiger partial charge in [-0.25, -0.2) is 0 Å². The summed E-state index contributed by atoms with van der Waals surface area (Å²) in [6.45, 7) is 11.6. The molecule has 0 radical (unpaired) electrons. The van der Waals surface area contributed by atoms with Crippen LogP contribution in [0.15, 0.2) is 28.8 Å². The van der Waals surface area contributed by atoms with Crippen molar-refractivity contribution < 1.29 is 9.26 Å². The predicted octanol–water partition coefficient (Wildman–Crippen LogP) is 3.86. The molecule has 23 heavy (non-hydrogen) atoms. The van der Waals surface area contributed by atoms with Crippen molar-refractivity contribution in [3.8, 4) is 17.1 Å². The Morgan fingerprint density at radius 3 is 2.43 bits per heavy atom. The van der Waals surface area contributed by atoms with E-state index in [1.807, 2.05) is 24.3 Å². The normalized spacial score (nSPS) is 11.7. The highest BCUT2D eigenvalue weighted by Crippen LogP contribution is 2.21. The highest BCUT2D eigenvalue weighted by atomic mass is 16.5. The van der Waals surface area contributed by atoms with Gasteiger partial charge < -0.3 is 9.26 Å². The van der Waals surface area contributed by atoms with Gasteiger partial charge in [-0.1, -0.05) is 45.0 Å². The molecule has 0 amide bonds. The Bertz CT molecular complexity index is 598. The third-order valence-electron chi connectivity index (χ3n) is 3.40. The largest absolute Gasteiger partial charge is 0.497 e. The van der Waals surface area contributed by atoms with Crippen molar-refractivity contribution in [3.63, 3.8) is 0 Å². The fourth-order valence-corrected chi connectivity index (χ4v) is 2.63. The van der Waals surface area contributed by atoms with Gasteiger partial charge in [0.2, 0.25) is 11.7 Å². The average Bonchev–Trinajstić information content (AvgIpc) is 2.94. The van der Waals surface area contributed by atoms with E-state index in [2.05, 4.69) is 42.7 Å². The summed E-state index contributed by atoms with van der Waals surface area (Å²) in [5.74, 6) is 3.26. The summed E-state index contributed by atoms with van der Waals surface area (Å²) in [5, 5.41) is 4.10. The maximum atomic E-state index is 5.44. The van der Waals surface area contributed by atoms with E-state index in [1.165, 1.54) is 0 Å². The number of rotatable bonds is 8. The first-order valence-electron chi connectivity index (χ1n) is 8.17. The summed E-state index contributed by atoms with van der Waals surface area (Å²) in [5.41, 5.74) is 0.901. The molecule has 0 aliphatic heterocycles. The molecule has 0 saturated heterocycles. The van der Waals surface area contributed by atoms with Crippen LogP contribution in [0, 0.1) is 11.8 Å². The Labute approximate surface area is 138 Å². The lowest BCUT2D eigenvalue weighted by Gasteiger charge is -2.24. The maximum absolute atomic E-state index is 5.44. The third-order valence-corrected chi connectivity index (χ3v) is 3.40. The first-order valence-corrected chi connectivity index (χ1v) is 8.17. The van der Waals surface area contributed by atoms with E-state index in [4.69, 9.17) is 9.26 Å². The molecule has 0 saturated carbocycles. The van der Waals surface area contributed by atoms with Gasteiger partial charge in [0.1, 0.15) is 5.75 Å². The summed E-state index contributed by atoms with van der Waals surface area (Å²) in [7, 11) is 1.65. The van der Waals surface area contributed by atoms with Crippen LogP contribution in [0.25, 0.3) is 11.4 Å². The lowest BCUT2D eigenvalue weighted by atomic mass is 10.1. The number of aromatic nitrogens is 2. The van der Waals surface area contributed by atoms with Crippen LogP contribution in [0.5, 0.6) is 5.75 Å². The Morgan fingerprint density at radius 1 is 1.13 bits per heavy atom. The molecular weight excluding hydrogens is 290 g/mol. The monoisotopic (exact) mass is 317 g/mol. The Morgan fingerprint density at radius 2 is 1.83 bits per heavy atom. The van der Waals surface area contributed by atoms with Gasteiger partial charge in [-0.3, -0.25) is 4.90 Å². The smallest absolute Gasteiger partial charge is 0.241 e. The molecule has 0 bridgehead atoms. The number of ether oxygens (including phenoxy) is 1. The van der Waals surface area contributed by atoms with Crippen molar-refractivity contribution in [2.45, 2.75) is 34.2 Å². The van der Waals surface area contributed by atoms with E-state index in [-0.39, 0.29) is 0 Å². The van der Waals surface area contributed by atoms with Crippen LogP contribution in [-0.2, 0) is 6.54 Å². The van der Waals surface area contributed by atoms with Gasteiger partial charge in [-0.05, 0) is 24.0 Å². The minimum Gasteiger partial charge on any atom is -0.497 e. The van der Waals surface area contributed by atoms with Gasteiger partial charge in [-0.2, -0.15) is 4.98 Å². The van der Waals surface area contributed by atoms with Crippen molar-refractivity contribution in [2.24, 2.45) is 11.8 Å². The van der Waals surface area contributed by atoms with Crippen LogP contribution >= 0.6 is 0 Å². The zero-order chi connectivity index (χ0) is 16.8. The molecule has 1 aromatic heterocycles. The van der Waals surface area contributed by atoms with Gasteiger partial charge in [-0.15, -0.1) is 0 Å². The first kappa shape index (κ1) is 17.5. The lowest BCUT2D eigenvalue weighted by molar-refractivity contribution is 0.186. The molecule has 1 aromatic carbocycles. The molecular formula is C18H27N3O2. The van der Waals surface area contributed by atoms with E-state index >= 15 is 0 Å². The van der Waals surface area contributed by atoms with E-state index in [1.54, 1.807) is 7.11 Å². The van der Waals surface area contributed by atoms with Gasteiger partial charge in [0.05, 0.1) is 13.7 Å². The van der Waals surface area contributed by atoms with E-state index in [0.29, 0.717) is 30.1 Å². The van der Waals surface area contributed by atoms with Crippen molar-refractivity contribution in [2.75, 3.05) is 20.2 Å². The van der Waals surface area contributed by atoms with Crippen LogP contribution in [0.1, 0.15) is 33.6 Å². The minimum absolute atomic E-state index is 0.605. The second-order valence-electron chi connectivity index (χ2n) is 6.73. The van der Waals surface area contributed by atoms with Crippen molar-refractivity contribution in [1.29, 1.82) is 0 Å². The molecule has 0 N–H and O–H groups in total. The van der Waals surface area contributed by atoms with Crippen LogP contribution < -0.4 is 4.74 Å². The molecule has 0 fully saturated rings.